The van der Waals surface area contributed by atoms with Crippen LogP contribution in [-0.2, 0) is 24.2 Å². The van der Waals surface area contributed by atoms with Crippen molar-refractivity contribution in [2.75, 3.05) is 13.1 Å². The number of ether oxygens (including phenoxy) is 2. The van der Waals surface area contributed by atoms with E-state index in [1.165, 1.54) is 24.3 Å². The van der Waals surface area contributed by atoms with E-state index in [9.17, 15) is 44.3 Å². The van der Waals surface area contributed by atoms with Crippen LogP contribution in [0.5, 0.6) is 11.5 Å². The molecule has 0 saturated heterocycles. The number of nitrogens with one attached hydrogen (secondary N) is 2. The fraction of sp³-hybridized carbons (Fsp3) is 0.381. The summed E-state index contributed by atoms with van der Waals surface area (Å²) in [6, 6.07) is 9.25. The Morgan fingerprint density at radius 1 is 0.861 bits per heavy atom. The summed E-state index contributed by atoms with van der Waals surface area (Å²) in [5.41, 5.74) is 2.26. The first-order chi connectivity index (χ1) is 16.1. The number of rotatable bonds is 5. The molecule has 3 rings (SSSR count). The Morgan fingerprint density at radius 3 is 2.06 bits per heavy atom. The summed E-state index contributed by atoms with van der Waals surface area (Å²) in [5.74, 6) is -2.71. The molecule has 5 nitrogen and oxygen atoms in total. The van der Waals surface area contributed by atoms with Crippen molar-refractivity contribution >= 4 is 18.3 Å². The van der Waals surface area contributed by atoms with E-state index in [1.54, 1.807) is 11.4 Å². The summed E-state index contributed by atoms with van der Waals surface area (Å²) in [6.45, 7) is 1.15. The van der Waals surface area contributed by atoms with Gasteiger partial charge in [-0.25, -0.2) is 0 Å². The van der Waals surface area contributed by atoms with Crippen LogP contribution in [0.3, 0.4) is 0 Å². The average molecular weight is 555 g/mol. The first-order valence-electron chi connectivity index (χ1n) is 9.90. The predicted octanol–water partition coefficient (Wildman–Crippen LogP) is 5.46. The van der Waals surface area contributed by atoms with Crippen LogP contribution in [0.1, 0.15) is 16.7 Å². The van der Waals surface area contributed by atoms with Crippen LogP contribution >= 0.6 is 12.4 Å². The third-order valence-corrected chi connectivity index (χ3v) is 4.39. The lowest BCUT2D eigenvalue weighted by Crippen LogP contribution is -2.37. The minimum atomic E-state index is -4.98. The van der Waals surface area contributed by atoms with Gasteiger partial charge in [0.25, 0.3) is 0 Å². The summed E-state index contributed by atoms with van der Waals surface area (Å²) in [7, 11) is 0. The highest BCUT2D eigenvalue weighted by atomic mass is 35.5. The van der Waals surface area contributed by atoms with Crippen molar-refractivity contribution in [1.82, 2.24) is 10.6 Å². The van der Waals surface area contributed by atoms with Gasteiger partial charge in [-0.2, -0.15) is 13.2 Å². The van der Waals surface area contributed by atoms with Crippen LogP contribution in [0.25, 0.3) is 0 Å². The highest BCUT2D eigenvalue weighted by Gasteiger charge is 2.38. The lowest BCUT2D eigenvalue weighted by molar-refractivity contribution is -0.275. The Labute approximate surface area is 205 Å². The highest BCUT2D eigenvalue weighted by molar-refractivity contribution is 5.85. The van der Waals surface area contributed by atoms with E-state index in [1.807, 2.05) is 0 Å². The Hall–Kier alpha value is -2.87. The van der Waals surface area contributed by atoms with Crippen LogP contribution < -0.4 is 20.1 Å². The molecule has 1 aliphatic heterocycles. The largest absolute Gasteiger partial charge is 0.573 e. The zero-order valence-electron chi connectivity index (χ0n) is 18.1. The van der Waals surface area contributed by atoms with Crippen molar-refractivity contribution in [1.29, 1.82) is 0 Å². The number of fused-ring (bicyclic) bond motifs is 1. The SMILES string of the molecule is Cl.FC(F)(F)Oc1ccc2c(c1)CCNC2.O=C(NCCc1cccc(OC(F)(F)F)c1)C(F)(F)F. The Bertz CT molecular complexity index is 996. The minimum Gasteiger partial charge on any atom is -0.406 e. The molecule has 0 unspecified atom stereocenters. The molecule has 0 bridgehead atoms. The van der Waals surface area contributed by atoms with Crippen LogP contribution in [0, 0.1) is 0 Å². The second-order valence-electron chi connectivity index (χ2n) is 7.10. The standard InChI is InChI=1S/C11H9F6NO2.C10H10F3NO.ClH/c12-10(13,14)9(19)18-5-4-7-2-1-3-8(6-7)20-11(15,16)17;11-10(12,13)15-9-2-1-8-6-14-4-3-7(8)5-9;/h1-3,6H,4-5H2,(H,18,19);1-2,5,14H,3-4,6H2;1H. The molecule has 2 N–H and O–H groups in total. The second kappa shape index (κ2) is 12.9. The maximum atomic E-state index is 12.0. The van der Waals surface area contributed by atoms with Gasteiger partial charge in [-0.3, -0.25) is 4.79 Å². The van der Waals surface area contributed by atoms with Crippen molar-refractivity contribution in [2.24, 2.45) is 0 Å². The number of halogens is 10. The van der Waals surface area contributed by atoms with E-state index < -0.39 is 30.6 Å². The third kappa shape index (κ3) is 11.7. The predicted molar refractivity (Wildman–Crippen MR) is 112 cm³/mol. The summed E-state index contributed by atoms with van der Waals surface area (Å²) < 4.78 is 115. The number of amides is 1. The molecule has 0 aromatic heterocycles. The van der Waals surface area contributed by atoms with E-state index in [0.717, 1.165) is 36.2 Å². The first-order valence-corrected chi connectivity index (χ1v) is 9.90. The quantitative estimate of drug-likeness (QED) is 0.482. The number of benzene rings is 2. The molecule has 0 fully saturated rings. The summed E-state index contributed by atoms with van der Waals surface area (Å²) in [6.07, 6.45) is -13.8. The lowest BCUT2D eigenvalue weighted by atomic mass is 10.0. The molecule has 0 aliphatic carbocycles. The van der Waals surface area contributed by atoms with E-state index in [-0.39, 0.29) is 31.1 Å². The average Bonchev–Trinajstić information content (AvgIpc) is 2.71. The van der Waals surface area contributed by atoms with E-state index in [0.29, 0.717) is 12.1 Å². The number of carbonyl (C=O) groups excluding carboxylic acids is 1. The molecule has 0 atom stereocenters. The monoisotopic (exact) mass is 554 g/mol. The van der Waals surface area contributed by atoms with E-state index in [2.05, 4.69) is 14.8 Å². The fourth-order valence-corrected chi connectivity index (χ4v) is 2.97. The van der Waals surface area contributed by atoms with Crippen molar-refractivity contribution in [3.8, 4) is 11.5 Å². The molecule has 0 radical (unpaired) electrons. The van der Waals surface area contributed by atoms with Gasteiger partial charge in [0.15, 0.2) is 0 Å². The summed E-state index contributed by atoms with van der Waals surface area (Å²) in [5, 5.41) is 4.76. The maximum Gasteiger partial charge on any atom is 0.573 e. The smallest absolute Gasteiger partial charge is 0.406 e. The van der Waals surface area contributed by atoms with Crippen molar-refractivity contribution in [3.63, 3.8) is 0 Å². The molecular weight excluding hydrogens is 535 g/mol. The molecule has 2 aromatic carbocycles. The fourth-order valence-electron chi connectivity index (χ4n) is 2.97. The topological polar surface area (TPSA) is 59.6 Å². The van der Waals surface area contributed by atoms with Gasteiger partial charge in [-0.05, 0) is 60.3 Å². The maximum absolute atomic E-state index is 12.0. The summed E-state index contributed by atoms with van der Waals surface area (Å²) in [4.78, 5) is 10.5. The van der Waals surface area contributed by atoms with Crippen molar-refractivity contribution in [2.45, 2.75) is 38.3 Å². The second-order valence-corrected chi connectivity index (χ2v) is 7.10. The van der Waals surface area contributed by atoms with Gasteiger partial charge in [0.05, 0.1) is 0 Å². The number of hydrogen-bond acceptors (Lipinski definition) is 4. The van der Waals surface area contributed by atoms with Gasteiger partial charge in [0.2, 0.25) is 0 Å². The van der Waals surface area contributed by atoms with Crippen LogP contribution in [0.4, 0.5) is 39.5 Å². The normalized spacial score (nSPS) is 13.4. The molecule has 36 heavy (non-hydrogen) atoms. The van der Waals surface area contributed by atoms with Gasteiger partial charge >= 0.3 is 24.8 Å². The van der Waals surface area contributed by atoms with E-state index in [4.69, 9.17) is 0 Å². The lowest BCUT2D eigenvalue weighted by Gasteiger charge is -2.18. The van der Waals surface area contributed by atoms with Gasteiger partial charge in [0, 0.05) is 13.1 Å². The molecule has 0 saturated carbocycles. The van der Waals surface area contributed by atoms with Crippen molar-refractivity contribution in [3.05, 3.63) is 59.2 Å². The van der Waals surface area contributed by atoms with Gasteiger partial charge in [-0.15, -0.1) is 38.7 Å². The van der Waals surface area contributed by atoms with Gasteiger partial charge in [-0.1, -0.05) is 18.2 Å². The summed E-state index contributed by atoms with van der Waals surface area (Å²) >= 11 is 0. The highest BCUT2D eigenvalue weighted by Crippen LogP contribution is 2.26. The molecule has 1 heterocycles. The Morgan fingerprint density at radius 2 is 1.47 bits per heavy atom. The minimum absolute atomic E-state index is 0. The zero-order valence-corrected chi connectivity index (χ0v) is 18.9. The van der Waals surface area contributed by atoms with E-state index >= 15 is 0 Å². The molecule has 2 aromatic rings. The Balaban J connectivity index is 0.000000362. The number of alkyl halides is 9. The Kier molecular flexibility index (Phi) is 11.2. The van der Waals surface area contributed by atoms with Crippen LogP contribution in [0.2, 0.25) is 0 Å². The first kappa shape index (κ1) is 31.2. The van der Waals surface area contributed by atoms with Crippen molar-refractivity contribution < 1.29 is 53.8 Å². The number of carbonyl (C=O) groups is 1. The third-order valence-electron chi connectivity index (χ3n) is 4.39. The molecule has 0 spiro atoms. The molecule has 1 aliphatic rings. The number of hydrogen-bond donors (Lipinski definition) is 2. The molecular formula is C21H20ClF9N2O3. The van der Waals surface area contributed by atoms with Crippen LogP contribution in [-0.4, -0.2) is 37.9 Å². The molecule has 202 valence electrons. The molecule has 1 amide bonds. The van der Waals surface area contributed by atoms with Gasteiger partial charge in [0.1, 0.15) is 11.5 Å². The van der Waals surface area contributed by atoms with Crippen LogP contribution in [0.15, 0.2) is 42.5 Å². The van der Waals surface area contributed by atoms with Gasteiger partial charge < -0.3 is 20.1 Å². The molecule has 15 heteroatoms. The zero-order chi connectivity index (χ0) is 26.3.